The van der Waals surface area contributed by atoms with Crippen molar-refractivity contribution < 1.29 is 9.53 Å². The van der Waals surface area contributed by atoms with Crippen LogP contribution in [0.15, 0.2) is 24.3 Å². The first-order valence-electron chi connectivity index (χ1n) is 8.87. The van der Waals surface area contributed by atoms with Crippen molar-refractivity contribution in [1.29, 1.82) is 0 Å². The zero-order valence-corrected chi connectivity index (χ0v) is 14.5. The summed E-state index contributed by atoms with van der Waals surface area (Å²) in [4.78, 5) is 19.0. The summed E-state index contributed by atoms with van der Waals surface area (Å²) in [5, 5.41) is 3.28. The smallest absolute Gasteiger partial charge is 0.223 e. The summed E-state index contributed by atoms with van der Waals surface area (Å²) in [6, 6.07) is 8.17. The molecule has 6 heteroatoms. The summed E-state index contributed by atoms with van der Waals surface area (Å²) in [5.41, 5.74) is 1.16. The van der Waals surface area contributed by atoms with Gasteiger partial charge in [0.1, 0.15) is 5.75 Å². The molecule has 0 radical (unpaired) electrons. The van der Waals surface area contributed by atoms with Gasteiger partial charge in [0.15, 0.2) is 0 Å². The zero-order chi connectivity index (χ0) is 16.8. The molecular formula is C18H28N4O2. The van der Waals surface area contributed by atoms with Gasteiger partial charge in [-0.05, 0) is 12.1 Å². The SMILES string of the molecule is COc1ccccc1N1CCN(CCC(=O)N2CCNCC2)CC1. The number of carbonyl (C=O) groups is 1. The molecule has 0 atom stereocenters. The summed E-state index contributed by atoms with van der Waals surface area (Å²) in [6.45, 7) is 8.33. The fraction of sp³-hybridized carbons (Fsp3) is 0.611. The largest absolute Gasteiger partial charge is 0.495 e. The number of benzene rings is 1. The number of nitrogens with zero attached hydrogens (tertiary/aromatic N) is 3. The fourth-order valence-electron chi connectivity index (χ4n) is 3.43. The number of nitrogens with one attached hydrogen (secondary N) is 1. The molecule has 3 rings (SSSR count). The average molecular weight is 332 g/mol. The Labute approximate surface area is 144 Å². The molecule has 2 saturated heterocycles. The van der Waals surface area contributed by atoms with Gasteiger partial charge in [-0.2, -0.15) is 0 Å². The van der Waals surface area contributed by atoms with Crippen molar-refractivity contribution in [3.8, 4) is 5.75 Å². The number of methoxy groups -OCH3 is 1. The van der Waals surface area contributed by atoms with Crippen LogP contribution in [0.1, 0.15) is 6.42 Å². The van der Waals surface area contributed by atoms with E-state index in [4.69, 9.17) is 4.74 Å². The lowest BCUT2D eigenvalue weighted by Gasteiger charge is -2.37. The highest BCUT2D eigenvalue weighted by atomic mass is 16.5. The Hall–Kier alpha value is -1.79. The van der Waals surface area contributed by atoms with Gasteiger partial charge >= 0.3 is 0 Å². The standard InChI is InChI=1S/C18H28N4O2/c1-24-17-5-3-2-4-16(17)21-14-12-20(13-15-21)9-6-18(23)22-10-7-19-8-11-22/h2-5,19H,6-15H2,1H3. The molecule has 0 aromatic heterocycles. The summed E-state index contributed by atoms with van der Waals surface area (Å²) < 4.78 is 5.46. The number of rotatable bonds is 5. The van der Waals surface area contributed by atoms with Crippen molar-refractivity contribution in [2.24, 2.45) is 0 Å². The Kier molecular flexibility index (Phi) is 5.93. The molecule has 1 aromatic rings. The molecule has 0 spiro atoms. The quantitative estimate of drug-likeness (QED) is 0.857. The molecule has 0 bridgehead atoms. The van der Waals surface area contributed by atoms with Crippen LogP contribution in [-0.4, -0.2) is 81.7 Å². The van der Waals surface area contributed by atoms with Crippen LogP contribution in [0.4, 0.5) is 5.69 Å². The molecule has 0 unspecified atom stereocenters. The Morgan fingerprint density at radius 3 is 2.50 bits per heavy atom. The molecule has 1 aromatic carbocycles. The van der Waals surface area contributed by atoms with Crippen LogP contribution in [0, 0.1) is 0 Å². The molecule has 24 heavy (non-hydrogen) atoms. The van der Waals surface area contributed by atoms with Crippen LogP contribution in [0.5, 0.6) is 5.75 Å². The van der Waals surface area contributed by atoms with Crippen LogP contribution in [-0.2, 0) is 4.79 Å². The predicted octanol–water partition coefficient (Wildman–Crippen LogP) is 0.639. The van der Waals surface area contributed by atoms with Crippen molar-refractivity contribution >= 4 is 11.6 Å². The number of hydrogen-bond acceptors (Lipinski definition) is 5. The van der Waals surface area contributed by atoms with Crippen LogP contribution in [0.3, 0.4) is 0 Å². The number of piperazine rings is 2. The van der Waals surface area contributed by atoms with Gasteiger partial charge in [-0.25, -0.2) is 0 Å². The molecule has 2 aliphatic rings. The van der Waals surface area contributed by atoms with E-state index in [0.29, 0.717) is 12.3 Å². The van der Waals surface area contributed by atoms with Crippen LogP contribution >= 0.6 is 0 Å². The summed E-state index contributed by atoms with van der Waals surface area (Å²) >= 11 is 0. The third-order valence-electron chi connectivity index (χ3n) is 4.91. The van der Waals surface area contributed by atoms with E-state index in [9.17, 15) is 4.79 Å². The molecule has 1 amide bonds. The fourth-order valence-corrected chi connectivity index (χ4v) is 3.43. The molecule has 6 nitrogen and oxygen atoms in total. The van der Waals surface area contributed by atoms with Gasteiger partial charge < -0.3 is 19.9 Å². The monoisotopic (exact) mass is 332 g/mol. The molecule has 2 heterocycles. The lowest BCUT2D eigenvalue weighted by Crippen LogP contribution is -2.49. The Morgan fingerprint density at radius 2 is 1.79 bits per heavy atom. The van der Waals surface area contributed by atoms with Gasteiger partial charge in [0.2, 0.25) is 5.91 Å². The van der Waals surface area contributed by atoms with Gasteiger partial charge in [-0.3, -0.25) is 9.69 Å². The van der Waals surface area contributed by atoms with E-state index >= 15 is 0 Å². The van der Waals surface area contributed by atoms with Crippen LogP contribution in [0.2, 0.25) is 0 Å². The molecule has 1 N–H and O–H groups in total. The second kappa shape index (κ2) is 8.35. The van der Waals surface area contributed by atoms with Crippen molar-refractivity contribution in [2.45, 2.75) is 6.42 Å². The lowest BCUT2D eigenvalue weighted by molar-refractivity contribution is -0.132. The van der Waals surface area contributed by atoms with E-state index in [0.717, 1.165) is 70.3 Å². The molecule has 2 fully saturated rings. The first kappa shape index (κ1) is 17.0. The summed E-state index contributed by atoms with van der Waals surface area (Å²) in [6.07, 6.45) is 0.634. The van der Waals surface area contributed by atoms with E-state index in [1.165, 1.54) is 0 Å². The maximum Gasteiger partial charge on any atom is 0.223 e. The van der Waals surface area contributed by atoms with E-state index in [1.54, 1.807) is 7.11 Å². The van der Waals surface area contributed by atoms with Crippen molar-refractivity contribution in [3.05, 3.63) is 24.3 Å². The van der Waals surface area contributed by atoms with Gasteiger partial charge in [0, 0.05) is 65.3 Å². The number of hydrogen-bond donors (Lipinski definition) is 1. The number of ether oxygens (including phenoxy) is 1. The first-order chi connectivity index (χ1) is 11.8. The minimum atomic E-state index is 0.295. The number of anilines is 1. The molecule has 0 aliphatic carbocycles. The third kappa shape index (κ3) is 4.19. The number of carbonyl (C=O) groups excluding carboxylic acids is 1. The van der Waals surface area contributed by atoms with Crippen LogP contribution < -0.4 is 15.0 Å². The number of amides is 1. The minimum absolute atomic E-state index is 0.295. The Morgan fingerprint density at radius 1 is 1.08 bits per heavy atom. The molecule has 132 valence electrons. The second-order valence-electron chi connectivity index (χ2n) is 6.38. The first-order valence-corrected chi connectivity index (χ1v) is 8.87. The number of para-hydroxylation sites is 2. The highest BCUT2D eigenvalue weighted by molar-refractivity contribution is 5.76. The lowest BCUT2D eigenvalue weighted by atomic mass is 10.2. The Balaban J connectivity index is 1.44. The van der Waals surface area contributed by atoms with Gasteiger partial charge in [0.25, 0.3) is 0 Å². The molecule has 0 saturated carbocycles. The summed E-state index contributed by atoms with van der Waals surface area (Å²) in [5.74, 6) is 1.23. The third-order valence-corrected chi connectivity index (χ3v) is 4.91. The van der Waals surface area contributed by atoms with Crippen molar-refractivity contribution in [3.63, 3.8) is 0 Å². The van der Waals surface area contributed by atoms with E-state index in [1.807, 2.05) is 17.0 Å². The average Bonchev–Trinajstić information content (AvgIpc) is 2.67. The van der Waals surface area contributed by atoms with Gasteiger partial charge in [-0.1, -0.05) is 12.1 Å². The maximum absolute atomic E-state index is 12.3. The van der Waals surface area contributed by atoms with Crippen LogP contribution in [0.25, 0.3) is 0 Å². The summed E-state index contributed by atoms with van der Waals surface area (Å²) in [7, 11) is 1.72. The topological polar surface area (TPSA) is 48.1 Å². The van der Waals surface area contributed by atoms with Crippen molar-refractivity contribution in [1.82, 2.24) is 15.1 Å². The second-order valence-corrected chi connectivity index (χ2v) is 6.38. The van der Waals surface area contributed by atoms with E-state index in [-0.39, 0.29) is 0 Å². The maximum atomic E-state index is 12.3. The zero-order valence-electron chi connectivity index (χ0n) is 14.5. The molecular weight excluding hydrogens is 304 g/mol. The minimum Gasteiger partial charge on any atom is -0.495 e. The Bertz CT molecular complexity index is 538. The van der Waals surface area contributed by atoms with E-state index in [2.05, 4.69) is 27.2 Å². The molecule has 2 aliphatic heterocycles. The normalized spacial score (nSPS) is 19.4. The van der Waals surface area contributed by atoms with E-state index < -0.39 is 0 Å². The highest BCUT2D eigenvalue weighted by Crippen LogP contribution is 2.28. The predicted molar refractivity (Wildman–Crippen MR) is 95.7 cm³/mol. The van der Waals surface area contributed by atoms with Gasteiger partial charge in [0.05, 0.1) is 12.8 Å². The van der Waals surface area contributed by atoms with Gasteiger partial charge in [-0.15, -0.1) is 0 Å². The highest BCUT2D eigenvalue weighted by Gasteiger charge is 2.21. The van der Waals surface area contributed by atoms with Crippen molar-refractivity contribution in [2.75, 3.05) is 70.9 Å².